The Morgan fingerprint density at radius 1 is 1.23 bits per heavy atom. The third-order valence-electron chi connectivity index (χ3n) is 4.73. The van der Waals surface area contributed by atoms with Crippen LogP contribution in [0, 0.1) is 5.82 Å². The summed E-state index contributed by atoms with van der Waals surface area (Å²) < 4.78 is 20.8. The predicted molar refractivity (Wildman–Crippen MR) is 118 cm³/mol. The van der Waals surface area contributed by atoms with Gasteiger partial charge in [0, 0.05) is 24.4 Å². The number of nitrogens with zero attached hydrogens (tertiary/aromatic N) is 4. The molecule has 0 bridgehead atoms. The number of ether oxygens (including phenoxy) is 1. The van der Waals surface area contributed by atoms with E-state index in [-0.39, 0.29) is 49.0 Å². The van der Waals surface area contributed by atoms with E-state index >= 15 is 0 Å². The first-order valence-electron chi connectivity index (χ1n) is 9.47. The summed E-state index contributed by atoms with van der Waals surface area (Å²) >= 11 is 0. The van der Waals surface area contributed by atoms with Crippen molar-refractivity contribution in [1.82, 2.24) is 30.6 Å². The van der Waals surface area contributed by atoms with Crippen LogP contribution in [0.2, 0.25) is 0 Å². The number of piperidine rings is 1. The van der Waals surface area contributed by atoms with Crippen molar-refractivity contribution in [1.29, 1.82) is 0 Å². The molecule has 11 heteroatoms. The summed E-state index contributed by atoms with van der Waals surface area (Å²) in [4.78, 5) is 16.7. The van der Waals surface area contributed by atoms with Crippen molar-refractivity contribution < 1.29 is 13.9 Å². The molecular weight excluding hydrogens is 446 g/mol. The van der Waals surface area contributed by atoms with E-state index in [1.54, 1.807) is 41.3 Å². The number of nitrogens with one attached hydrogen (secondary N) is 2. The summed E-state index contributed by atoms with van der Waals surface area (Å²) in [5.74, 6) is -0.0891. The van der Waals surface area contributed by atoms with Gasteiger partial charge in [-0.2, -0.15) is 0 Å². The molecule has 4 rings (SSSR count). The van der Waals surface area contributed by atoms with Crippen LogP contribution >= 0.6 is 24.8 Å². The van der Waals surface area contributed by atoms with Crippen LogP contribution in [0.15, 0.2) is 48.8 Å². The third-order valence-corrected chi connectivity index (χ3v) is 4.73. The number of amides is 1. The van der Waals surface area contributed by atoms with E-state index in [0.29, 0.717) is 17.2 Å². The topological polar surface area (TPSA) is 94.0 Å². The standard InChI is InChI=1S/C20H21FN6O2.2ClH/c21-15-4-1-5-17(11-15)29-20-14(3-2-8-23-20)12-24-19(28)18-13-27(26-25-18)16-6-9-22-10-7-16;;/h1-5,8,11,13,16,22H,6-7,9-10,12H2,(H,24,28);2*1H. The van der Waals surface area contributed by atoms with E-state index in [1.165, 1.54) is 12.1 Å². The lowest BCUT2D eigenvalue weighted by molar-refractivity contribution is 0.0945. The quantitative estimate of drug-likeness (QED) is 0.576. The van der Waals surface area contributed by atoms with E-state index in [9.17, 15) is 9.18 Å². The summed E-state index contributed by atoms with van der Waals surface area (Å²) in [5, 5.41) is 14.2. The Morgan fingerprint density at radius 3 is 2.81 bits per heavy atom. The molecule has 0 atom stereocenters. The van der Waals surface area contributed by atoms with Gasteiger partial charge in [0.05, 0.1) is 12.2 Å². The summed E-state index contributed by atoms with van der Waals surface area (Å²) in [6, 6.07) is 9.59. The monoisotopic (exact) mass is 468 g/mol. The maximum atomic E-state index is 13.4. The molecule has 0 saturated carbocycles. The first-order valence-corrected chi connectivity index (χ1v) is 9.47. The molecule has 0 aliphatic carbocycles. The Kier molecular flexibility index (Phi) is 9.17. The maximum absolute atomic E-state index is 13.4. The van der Waals surface area contributed by atoms with E-state index in [1.807, 2.05) is 0 Å². The van der Waals surface area contributed by atoms with Crippen LogP contribution in [-0.4, -0.2) is 39.0 Å². The molecule has 166 valence electrons. The third kappa shape index (κ3) is 6.36. The molecule has 1 saturated heterocycles. The van der Waals surface area contributed by atoms with Crippen LogP contribution in [0.25, 0.3) is 0 Å². The normalized spacial score (nSPS) is 13.6. The molecule has 0 unspecified atom stereocenters. The highest BCUT2D eigenvalue weighted by Gasteiger charge is 2.19. The van der Waals surface area contributed by atoms with Crippen molar-refractivity contribution in [3.05, 3.63) is 65.9 Å². The molecule has 1 aliphatic heterocycles. The smallest absolute Gasteiger partial charge is 0.273 e. The molecule has 1 aliphatic rings. The minimum absolute atomic E-state index is 0. The summed E-state index contributed by atoms with van der Waals surface area (Å²) in [5.41, 5.74) is 0.927. The van der Waals surface area contributed by atoms with Gasteiger partial charge in [0.2, 0.25) is 5.88 Å². The molecule has 31 heavy (non-hydrogen) atoms. The molecular formula is C20H23Cl2FN6O2. The molecule has 0 radical (unpaired) electrons. The predicted octanol–water partition coefficient (Wildman–Crippen LogP) is 3.30. The molecule has 3 aromatic rings. The van der Waals surface area contributed by atoms with Gasteiger partial charge >= 0.3 is 0 Å². The van der Waals surface area contributed by atoms with Crippen molar-refractivity contribution in [3.63, 3.8) is 0 Å². The number of aromatic nitrogens is 4. The second kappa shape index (κ2) is 11.6. The SMILES string of the molecule is Cl.Cl.O=C(NCc1cccnc1Oc1cccc(F)c1)c1cn(C2CCNCC2)nn1. The maximum Gasteiger partial charge on any atom is 0.273 e. The van der Waals surface area contributed by atoms with Crippen molar-refractivity contribution in [2.45, 2.75) is 25.4 Å². The highest BCUT2D eigenvalue weighted by atomic mass is 35.5. The van der Waals surface area contributed by atoms with Gasteiger partial charge in [0.1, 0.15) is 11.6 Å². The molecule has 3 heterocycles. The Labute approximate surface area is 191 Å². The number of halogens is 3. The van der Waals surface area contributed by atoms with Gasteiger partial charge in [-0.15, -0.1) is 29.9 Å². The van der Waals surface area contributed by atoms with Gasteiger partial charge in [-0.25, -0.2) is 14.1 Å². The molecule has 2 N–H and O–H groups in total. The van der Waals surface area contributed by atoms with Crippen LogP contribution in [0.4, 0.5) is 4.39 Å². The molecule has 0 spiro atoms. The van der Waals surface area contributed by atoms with Gasteiger partial charge in [0.15, 0.2) is 5.69 Å². The van der Waals surface area contributed by atoms with Gasteiger partial charge in [0.25, 0.3) is 5.91 Å². The number of hydrogen-bond donors (Lipinski definition) is 2. The van der Waals surface area contributed by atoms with Crippen LogP contribution < -0.4 is 15.4 Å². The Balaban J connectivity index is 0.00000171. The lowest BCUT2D eigenvalue weighted by atomic mass is 10.1. The van der Waals surface area contributed by atoms with E-state index in [2.05, 4.69) is 25.9 Å². The number of carbonyl (C=O) groups excluding carboxylic acids is 1. The molecule has 1 amide bonds. The first kappa shape index (κ1) is 24.5. The average Bonchev–Trinajstić information content (AvgIpc) is 3.24. The largest absolute Gasteiger partial charge is 0.439 e. The molecule has 8 nitrogen and oxygen atoms in total. The van der Waals surface area contributed by atoms with E-state index in [4.69, 9.17) is 4.74 Å². The highest BCUT2D eigenvalue weighted by molar-refractivity contribution is 5.91. The highest BCUT2D eigenvalue weighted by Crippen LogP contribution is 2.23. The van der Waals surface area contributed by atoms with Gasteiger partial charge < -0.3 is 15.4 Å². The van der Waals surface area contributed by atoms with Crippen molar-refractivity contribution >= 4 is 30.7 Å². The molecule has 1 fully saturated rings. The fourth-order valence-electron chi connectivity index (χ4n) is 3.19. The van der Waals surface area contributed by atoms with Crippen molar-refractivity contribution in [3.8, 4) is 11.6 Å². The number of benzene rings is 1. The zero-order valence-electron chi connectivity index (χ0n) is 16.5. The van der Waals surface area contributed by atoms with Crippen LogP contribution in [-0.2, 0) is 6.54 Å². The lowest BCUT2D eigenvalue weighted by Crippen LogP contribution is -2.29. The van der Waals surface area contributed by atoms with E-state index in [0.717, 1.165) is 25.9 Å². The van der Waals surface area contributed by atoms with Gasteiger partial charge in [-0.1, -0.05) is 17.3 Å². The molecule has 1 aromatic carbocycles. The summed E-state index contributed by atoms with van der Waals surface area (Å²) in [6.45, 7) is 2.06. The Morgan fingerprint density at radius 2 is 2.03 bits per heavy atom. The van der Waals surface area contributed by atoms with Crippen LogP contribution in [0.3, 0.4) is 0 Å². The van der Waals surface area contributed by atoms with Gasteiger partial charge in [-0.3, -0.25) is 4.79 Å². The van der Waals surface area contributed by atoms with Crippen LogP contribution in [0.1, 0.15) is 34.9 Å². The summed E-state index contributed by atoms with van der Waals surface area (Å²) in [7, 11) is 0. The fraction of sp³-hybridized carbons (Fsp3) is 0.300. The second-order valence-corrected chi connectivity index (χ2v) is 6.77. The minimum atomic E-state index is -0.398. The number of rotatable bonds is 6. The Hall–Kier alpha value is -2.75. The average molecular weight is 469 g/mol. The number of hydrogen-bond acceptors (Lipinski definition) is 6. The first-order chi connectivity index (χ1) is 14.2. The lowest BCUT2D eigenvalue weighted by Gasteiger charge is -2.22. The zero-order valence-corrected chi connectivity index (χ0v) is 18.2. The van der Waals surface area contributed by atoms with E-state index < -0.39 is 5.82 Å². The number of carbonyl (C=O) groups is 1. The Bertz CT molecular complexity index is 997. The van der Waals surface area contributed by atoms with Gasteiger partial charge in [-0.05, 0) is 44.1 Å². The van der Waals surface area contributed by atoms with Crippen molar-refractivity contribution in [2.75, 3.05) is 13.1 Å². The summed E-state index contributed by atoms with van der Waals surface area (Å²) in [6.07, 6.45) is 5.17. The molecule has 2 aromatic heterocycles. The minimum Gasteiger partial charge on any atom is -0.439 e. The van der Waals surface area contributed by atoms with Crippen molar-refractivity contribution in [2.24, 2.45) is 0 Å². The zero-order chi connectivity index (χ0) is 20.1. The second-order valence-electron chi connectivity index (χ2n) is 6.77. The fourth-order valence-corrected chi connectivity index (χ4v) is 3.19. The van der Waals surface area contributed by atoms with Crippen LogP contribution in [0.5, 0.6) is 11.6 Å². The number of pyridine rings is 1.